The Morgan fingerprint density at radius 2 is 1.70 bits per heavy atom. The van der Waals surface area contributed by atoms with E-state index in [4.69, 9.17) is 11.6 Å². The summed E-state index contributed by atoms with van der Waals surface area (Å²) in [6.45, 7) is 1.41. The van der Waals surface area contributed by atoms with Crippen LogP contribution in [0.15, 0.2) is 52.9 Å². The summed E-state index contributed by atoms with van der Waals surface area (Å²) in [5.74, 6) is -0.633. The van der Waals surface area contributed by atoms with E-state index in [-0.39, 0.29) is 23.5 Å². The molecule has 1 heterocycles. The highest BCUT2D eigenvalue weighted by atomic mass is 35.5. The van der Waals surface area contributed by atoms with Crippen LogP contribution in [0.25, 0.3) is 0 Å². The number of rotatable bonds is 7. The summed E-state index contributed by atoms with van der Waals surface area (Å²) in [4.78, 5) is 35.5. The van der Waals surface area contributed by atoms with Crippen molar-refractivity contribution in [2.45, 2.75) is 11.3 Å². The monoisotopic (exact) mass is 461 g/mol. The van der Waals surface area contributed by atoms with E-state index in [0.29, 0.717) is 31.4 Å². The number of aromatic nitrogens is 2. The van der Waals surface area contributed by atoms with Crippen LogP contribution < -0.4 is 16.0 Å². The normalized spacial score (nSPS) is 10.3. The van der Waals surface area contributed by atoms with Gasteiger partial charge in [-0.1, -0.05) is 40.8 Å². The number of nitrogens with one attached hydrogen (secondary N) is 3. The summed E-state index contributed by atoms with van der Waals surface area (Å²) < 4.78 is 0.545. The zero-order chi connectivity index (χ0) is 21.5. The zero-order valence-electron chi connectivity index (χ0n) is 15.6. The van der Waals surface area contributed by atoms with Gasteiger partial charge in [-0.2, -0.15) is 0 Å². The van der Waals surface area contributed by atoms with E-state index in [1.165, 1.54) is 30.0 Å². The molecule has 0 aliphatic rings. The van der Waals surface area contributed by atoms with Gasteiger partial charge in [-0.25, -0.2) is 0 Å². The Kier molecular flexibility index (Phi) is 7.39. The maximum Gasteiger partial charge on any atom is 0.257 e. The van der Waals surface area contributed by atoms with Crippen LogP contribution in [0.2, 0.25) is 5.02 Å². The van der Waals surface area contributed by atoms with Crippen LogP contribution >= 0.6 is 34.7 Å². The van der Waals surface area contributed by atoms with E-state index >= 15 is 0 Å². The number of carbonyl (C=O) groups is 3. The molecular formula is C19H16ClN5O3S2. The van der Waals surface area contributed by atoms with E-state index in [1.807, 2.05) is 0 Å². The van der Waals surface area contributed by atoms with Gasteiger partial charge in [0.05, 0.1) is 5.75 Å². The van der Waals surface area contributed by atoms with Gasteiger partial charge in [-0.15, -0.1) is 10.2 Å². The third kappa shape index (κ3) is 6.55. The molecule has 0 fully saturated rings. The maximum absolute atomic E-state index is 12.2. The van der Waals surface area contributed by atoms with Gasteiger partial charge in [0.25, 0.3) is 5.91 Å². The summed E-state index contributed by atoms with van der Waals surface area (Å²) in [6.07, 6.45) is 0. The van der Waals surface area contributed by atoms with Gasteiger partial charge in [0.15, 0.2) is 4.34 Å². The molecule has 0 bridgehead atoms. The Labute approximate surface area is 185 Å². The van der Waals surface area contributed by atoms with Gasteiger partial charge in [0, 0.05) is 28.9 Å². The van der Waals surface area contributed by atoms with Crippen LogP contribution in [-0.2, 0) is 9.59 Å². The molecule has 0 aliphatic heterocycles. The van der Waals surface area contributed by atoms with Crippen molar-refractivity contribution in [1.82, 2.24) is 10.2 Å². The lowest BCUT2D eigenvalue weighted by Crippen LogP contribution is -2.14. The molecule has 11 heteroatoms. The molecule has 8 nitrogen and oxygen atoms in total. The predicted molar refractivity (Wildman–Crippen MR) is 119 cm³/mol. The number of halogens is 1. The minimum Gasteiger partial charge on any atom is -0.326 e. The van der Waals surface area contributed by atoms with Crippen molar-refractivity contribution in [3.63, 3.8) is 0 Å². The minimum atomic E-state index is -0.323. The summed E-state index contributed by atoms with van der Waals surface area (Å²) in [6, 6.07) is 13.3. The van der Waals surface area contributed by atoms with Crippen LogP contribution in [-0.4, -0.2) is 33.7 Å². The molecule has 0 saturated carbocycles. The van der Waals surface area contributed by atoms with Crippen LogP contribution in [0.1, 0.15) is 17.3 Å². The number of anilines is 3. The number of benzene rings is 2. The predicted octanol–water partition coefficient (Wildman–Crippen LogP) is 4.13. The van der Waals surface area contributed by atoms with Crippen molar-refractivity contribution in [2.75, 3.05) is 21.7 Å². The van der Waals surface area contributed by atoms with Gasteiger partial charge in [-0.05, 0) is 42.5 Å². The van der Waals surface area contributed by atoms with Crippen LogP contribution in [0.4, 0.5) is 16.5 Å². The van der Waals surface area contributed by atoms with Gasteiger partial charge in [-0.3, -0.25) is 19.7 Å². The van der Waals surface area contributed by atoms with E-state index in [1.54, 1.807) is 48.5 Å². The molecule has 0 unspecified atom stereocenters. The highest BCUT2D eigenvalue weighted by molar-refractivity contribution is 8.01. The summed E-state index contributed by atoms with van der Waals surface area (Å²) in [5.41, 5.74) is 1.61. The Morgan fingerprint density at radius 3 is 2.40 bits per heavy atom. The first-order valence-electron chi connectivity index (χ1n) is 8.60. The first-order chi connectivity index (χ1) is 14.4. The van der Waals surface area contributed by atoms with Crippen molar-refractivity contribution in [2.24, 2.45) is 0 Å². The summed E-state index contributed by atoms with van der Waals surface area (Å²) in [7, 11) is 0. The summed E-state index contributed by atoms with van der Waals surface area (Å²) >= 11 is 8.19. The fourth-order valence-corrected chi connectivity index (χ4v) is 3.96. The van der Waals surface area contributed by atoms with Crippen molar-refractivity contribution in [3.8, 4) is 0 Å². The topological polar surface area (TPSA) is 113 Å². The van der Waals surface area contributed by atoms with Gasteiger partial charge < -0.3 is 10.6 Å². The number of hydrogen-bond acceptors (Lipinski definition) is 7. The van der Waals surface area contributed by atoms with E-state index in [2.05, 4.69) is 26.1 Å². The first-order valence-corrected chi connectivity index (χ1v) is 10.8. The lowest BCUT2D eigenvalue weighted by atomic mass is 10.2. The van der Waals surface area contributed by atoms with Gasteiger partial charge >= 0.3 is 0 Å². The maximum atomic E-state index is 12.2. The first kappa shape index (κ1) is 21.8. The Hall–Kier alpha value is -2.95. The molecule has 0 radical (unpaired) electrons. The molecule has 3 aromatic rings. The molecule has 2 aromatic carbocycles. The smallest absolute Gasteiger partial charge is 0.257 e. The standard InChI is InChI=1S/C19H16ClN5O3S2/c1-11(26)21-14-3-2-4-15(9-14)22-16(27)10-29-19-25-24-18(30-19)23-17(28)12-5-7-13(20)8-6-12/h2-9H,10H2,1H3,(H,21,26)(H,22,27)(H,23,24,28). The average Bonchev–Trinajstić information content (AvgIpc) is 3.14. The van der Waals surface area contributed by atoms with E-state index in [0.717, 1.165) is 0 Å². The van der Waals surface area contributed by atoms with Crippen molar-refractivity contribution in [1.29, 1.82) is 0 Å². The Morgan fingerprint density at radius 1 is 1.00 bits per heavy atom. The molecule has 0 atom stereocenters. The van der Waals surface area contributed by atoms with Gasteiger partial charge in [0.2, 0.25) is 16.9 Å². The molecule has 0 saturated heterocycles. The number of nitrogens with zero attached hydrogens (tertiary/aromatic N) is 2. The highest BCUT2D eigenvalue weighted by Gasteiger charge is 2.12. The van der Waals surface area contributed by atoms with Crippen molar-refractivity contribution in [3.05, 3.63) is 59.1 Å². The lowest BCUT2D eigenvalue weighted by molar-refractivity contribution is -0.114. The molecule has 0 aliphatic carbocycles. The number of carbonyl (C=O) groups excluding carboxylic acids is 3. The molecule has 3 amide bonds. The van der Waals surface area contributed by atoms with E-state index < -0.39 is 0 Å². The molecule has 0 spiro atoms. The second kappa shape index (κ2) is 10.2. The fourth-order valence-electron chi connectivity index (χ4n) is 2.29. The minimum absolute atomic E-state index is 0.115. The lowest BCUT2D eigenvalue weighted by Gasteiger charge is -2.07. The number of amides is 3. The number of hydrogen-bond donors (Lipinski definition) is 3. The van der Waals surface area contributed by atoms with Crippen LogP contribution in [0.3, 0.4) is 0 Å². The second-order valence-corrected chi connectivity index (χ2v) is 8.57. The quantitative estimate of drug-likeness (QED) is 0.360. The van der Waals surface area contributed by atoms with Crippen LogP contribution in [0.5, 0.6) is 0 Å². The molecule has 1 aromatic heterocycles. The molecule has 3 N–H and O–H groups in total. The third-order valence-electron chi connectivity index (χ3n) is 3.53. The Bertz CT molecular complexity index is 1070. The van der Waals surface area contributed by atoms with Crippen molar-refractivity contribution >= 4 is 68.9 Å². The SMILES string of the molecule is CC(=O)Nc1cccc(NC(=O)CSc2nnc(NC(=O)c3ccc(Cl)cc3)s2)c1. The molecule has 30 heavy (non-hydrogen) atoms. The molecular weight excluding hydrogens is 446 g/mol. The Balaban J connectivity index is 1.50. The van der Waals surface area contributed by atoms with Gasteiger partial charge in [0.1, 0.15) is 0 Å². The number of thioether (sulfide) groups is 1. The zero-order valence-corrected chi connectivity index (χ0v) is 18.0. The second-order valence-electron chi connectivity index (χ2n) is 5.93. The summed E-state index contributed by atoms with van der Waals surface area (Å²) in [5, 5.41) is 16.8. The van der Waals surface area contributed by atoms with Crippen LogP contribution in [0, 0.1) is 0 Å². The highest BCUT2D eigenvalue weighted by Crippen LogP contribution is 2.26. The van der Waals surface area contributed by atoms with E-state index in [9.17, 15) is 14.4 Å². The molecule has 154 valence electrons. The average molecular weight is 462 g/mol. The third-order valence-corrected chi connectivity index (χ3v) is 5.75. The molecule has 3 rings (SSSR count). The fraction of sp³-hybridized carbons (Fsp3) is 0.105. The largest absolute Gasteiger partial charge is 0.326 e. The van der Waals surface area contributed by atoms with Crippen molar-refractivity contribution < 1.29 is 14.4 Å².